The Labute approximate surface area is 128 Å². The number of rotatable bonds is 5. The van der Waals surface area contributed by atoms with Crippen molar-refractivity contribution in [3.63, 3.8) is 0 Å². The number of aliphatic hydroxyl groups excluding tert-OH is 1. The minimum absolute atomic E-state index is 0.0466. The van der Waals surface area contributed by atoms with Crippen LogP contribution in [-0.4, -0.2) is 37.0 Å². The molecular formula is C17H18O5. The van der Waals surface area contributed by atoms with E-state index in [1.54, 1.807) is 25.3 Å². The van der Waals surface area contributed by atoms with Gasteiger partial charge in [-0.05, 0) is 23.8 Å². The van der Waals surface area contributed by atoms with E-state index >= 15 is 0 Å². The first kappa shape index (κ1) is 16.0. The monoisotopic (exact) mass is 302 g/mol. The molecule has 0 aliphatic heterocycles. The molecule has 22 heavy (non-hydrogen) atoms. The van der Waals surface area contributed by atoms with E-state index in [-0.39, 0.29) is 35.7 Å². The standard InChI is InChI=1S/C17H18O5/c1-21-13-6-3-11(4-7-13)5-8-14(19)17-15(20)9-12(18)10-16(17)22-2/h3-8,15,20H,9-10H2,1-2H3. The normalized spacial score (nSPS) is 18.7. The van der Waals surface area contributed by atoms with Crippen LogP contribution < -0.4 is 4.74 Å². The first-order valence-electron chi connectivity index (χ1n) is 6.88. The maximum atomic E-state index is 12.3. The fourth-order valence-electron chi connectivity index (χ4n) is 2.31. The zero-order valence-electron chi connectivity index (χ0n) is 12.5. The van der Waals surface area contributed by atoms with Crippen molar-refractivity contribution in [1.82, 2.24) is 0 Å². The maximum absolute atomic E-state index is 12.3. The summed E-state index contributed by atoms with van der Waals surface area (Å²) in [6, 6.07) is 7.21. The number of ether oxygens (including phenoxy) is 2. The summed E-state index contributed by atoms with van der Waals surface area (Å²) in [5.74, 6) is 0.481. The Morgan fingerprint density at radius 1 is 1.23 bits per heavy atom. The lowest BCUT2D eigenvalue weighted by Crippen LogP contribution is -2.28. The second-order valence-electron chi connectivity index (χ2n) is 4.95. The lowest BCUT2D eigenvalue weighted by molar-refractivity contribution is -0.122. The molecule has 0 saturated heterocycles. The molecule has 1 aliphatic carbocycles. The molecular weight excluding hydrogens is 284 g/mol. The number of benzene rings is 1. The van der Waals surface area contributed by atoms with E-state index in [2.05, 4.69) is 0 Å². The molecule has 0 saturated carbocycles. The van der Waals surface area contributed by atoms with Crippen LogP contribution in [0.15, 0.2) is 41.7 Å². The van der Waals surface area contributed by atoms with Gasteiger partial charge in [0.2, 0.25) is 0 Å². The fourth-order valence-corrected chi connectivity index (χ4v) is 2.31. The number of Topliss-reactive ketones (excluding diaryl/α,β-unsaturated/α-hetero) is 1. The van der Waals surface area contributed by atoms with Gasteiger partial charge in [-0.1, -0.05) is 18.2 Å². The zero-order valence-corrected chi connectivity index (χ0v) is 12.5. The van der Waals surface area contributed by atoms with Crippen molar-refractivity contribution >= 4 is 17.6 Å². The molecule has 0 heterocycles. The van der Waals surface area contributed by atoms with E-state index in [0.29, 0.717) is 0 Å². The molecule has 1 N–H and O–H groups in total. The van der Waals surface area contributed by atoms with Crippen molar-refractivity contribution in [3.8, 4) is 5.75 Å². The van der Waals surface area contributed by atoms with E-state index in [1.807, 2.05) is 12.1 Å². The van der Waals surface area contributed by atoms with Crippen LogP contribution >= 0.6 is 0 Å². The summed E-state index contributed by atoms with van der Waals surface area (Å²) in [6.07, 6.45) is 1.90. The Hall–Kier alpha value is -2.40. The highest BCUT2D eigenvalue weighted by Gasteiger charge is 2.30. The molecule has 0 radical (unpaired) electrons. The molecule has 1 atom stereocenters. The lowest BCUT2D eigenvalue weighted by Gasteiger charge is -2.21. The van der Waals surface area contributed by atoms with Crippen LogP contribution in [0.2, 0.25) is 0 Å². The molecule has 5 nitrogen and oxygen atoms in total. The highest BCUT2D eigenvalue weighted by molar-refractivity contribution is 6.09. The predicted molar refractivity (Wildman–Crippen MR) is 81.3 cm³/mol. The minimum Gasteiger partial charge on any atom is -0.500 e. The van der Waals surface area contributed by atoms with Gasteiger partial charge in [0.1, 0.15) is 17.3 Å². The van der Waals surface area contributed by atoms with Gasteiger partial charge in [-0.2, -0.15) is 0 Å². The van der Waals surface area contributed by atoms with Crippen LogP contribution in [0.5, 0.6) is 5.75 Å². The molecule has 1 aromatic rings. The molecule has 5 heteroatoms. The summed E-state index contributed by atoms with van der Waals surface area (Å²) < 4.78 is 10.1. The number of aliphatic hydroxyl groups is 1. The van der Waals surface area contributed by atoms with Crippen LogP contribution in [0.25, 0.3) is 6.08 Å². The van der Waals surface area contributed by atoms with E-state index in [1.165, 1.54) is 13.2 Å². The molecule has 0 spiro atoms. The molecule has 2 rings (SSSR count). The van der Waals surface area contributed by atoms with Gasteiger partial charge in [0.05, 0.1) is 32.3 Å². The Kier molecular flexibility index (Phi) is 5.12. The summed E-state index contributed by atoms with van der Waals surface area (Å²) in [7, 11) is 2.97. The average Bonchev–Trinajstić information content (AvgIpc) is 2.52. The second-order valence-corrected chi connectivity index (χ2v) is 4.95. The minimum atomic E-state index is -1.11. The van der Waals surface area contributed by atoms with Crippen LogP contribution in [0, 0.1) is 0 Å². The SMILES string of the molecule is COC1=C(C(=O)C=Cc2ccc(OC)cc2)C(O)CC(=O)C1. The fraction of sp³-hybridized carbons (Fsp3) is 0.294. The summed E-state index contributed by atoms with van der Waals surface area (Å²) in [5.41, 5.74) is 0.988. The molecule has 1 aliphatic rings. The Bertz CT molecular complexity index is 625. The Balaban J connectivity index is 2.19. The van der Waals surface area contributed by atoms with Gasteiger partial charge in [-0.15, -0.1) is 0 Å². The lowest BCUT2D eigenvalue weighted by atomic mass is 9.90. The number of hydrogen-bond acceptors (Lipinski definition) is 5. The highest BCUT2D eigenvalue weighted by atomic mass is 16.5. The predicted octanol–water partition coefficient (Wildman–Crippen LogP) is 1.90. The van der Waals surface area contributed by atoms with Crippen molar-refractivity contribution in [2.45, 2.75) is 18.9 Å². The van der Waals surface area contributed by atoms with Crippen molar-refractivity contribution in [3.05, 3.63) is 47.2 Å². The van der Waals surface area contributed by atoms with Gasteiger partial charge in [-0.3, -0.25) is 9.59 Å². The second kappa shape index (κ2) is 7.04. The van der Waals surface area contributed by atoms with Crippen molar-refractivity contribution < 1.29 is 24.2 Å². The van der Waals surface area contributed by atoms with E-state index in [0.717, 1.165) is 11.3 Å². The van der Waals surface area contributed by atoms with Gasteiger partial charge in [-0.25, -0.2) is 0 Å². The highest BCUT2D eigenvalue weighted by Crippen LogP contribution is 2.25. The first-order valence-corrected chi connectivity index (χ1v) is 6.88. The van der Waals surface area contributed by atoms with E-state index in [4.69, 9.17) is 9.47 Å². The summed E-state index contributed by atoms with van der Waals surface area (Å²) >= 11 is 0. The van der Waals surface area contributed by atoms with Crippen molar-refractivity contribution in [2.24, 2.45) is 0 Å². The third kappa shape index (κ3) is 3.62. The molecule has 116 valence electrons. The quantitative estimate of drug-likeness (QED) is 0.841. The summed E-state index contributed by atoms with van der Waals surface area (Å²) in [4.78, 5) is 23.7. The Morgan fingerprint density at radius 2 is 1.91 bits per heavy atom. The van der Waals surface area contributed by atoms with E-state index < -0.39 is 6.10 Å². The molecule has 0 fully saturated rings. The van der Waals surface area contributed by atoms with Crippen LogP contribution in [0.1, 0.15) is 18.4 Å². The zero-order chi connectivity index (χ0) is 16.1. The average molecular weight is 302 g/mol. The molecule has 1 unspecified atom stereocenters. The number of ketones is 2. The molecule has 0 amide bonds. The molecule has 0 bridgehead atoms. The van der Waals surface area contributed by atoms with Crippen molar-refractivity contribution in [2.75, 3.05) is 14.2 Å². The van der Waals surface area contributed by atoms with Gasteiger partial charge in [0.15, 0.2) is 5.78 Å². The third-order valence-corrected chi connectivity index (χ3v) is 3.47. The number of carbonyl (C=O) groups excluding carboxylic acids is 2. The number of methoxy groups -OCH3 is 2. The van der Waals surface area contributed by atoms with Crippen molar-refractivity contribution in [1.29, 1.82) is 0 Å². The smallest absolute Gasteiger partial charge is 0.187 e. The first-order chi connectivity index (χ1) is 10.5. The molecule has 0 aromatic heterocycles. The van der Waals surface area contributed by atoms with Gasteiger partial charge >= 0.3 is 0 Å². The van der Waals surface area contributed by atoms with Crippen LogP contribution in [0.3, 0.4) is 0 Å². The summed E-state index contributed by atoms with van der Waals surface area (Å²) in [5, 5.41) is 9.95. The number of allylic oxidation sites excluding steroid dienone is 2. The number of carbonyl (C=O) groups is 2. The largest absolute Gasteiger partial charge is 0.500 e. The number of hydrogen-bond donors (Lipinski definition) is 1. The van der Waals surface area contributed by atoms with Gasteiger partial charge in [0.25, 0.3) is 0 Å². The topological polar surface area (TPSA) is 72.8 Å². The Morgan fingerprint density at radius 3 is 2.50 bits per heavy atom. The van der Waals surface area contributed by atoms with Gasteiger partial charge < -0.3 is 14.6 Å². The maximum Gasteiger partial charge on any atom is 0.187 e. The van der Waals surface area contributed by atoms with E-state index in [9.17, 15) is 14.7 Å². The van der Waals surface area contributed by atoms with Crippen LogP contribution in [0.4, 0.5) is 0 Å². The third-order valence-electron chi connectivity index (χ3n) is 3.47. The molecule has 1 aromatic carbocycles. The summed E-state index contributed by atoms with van der Waals surface area (Å²) in [6.45, 7) is 0. The van der Waals surface area contributed by atoms with Crippen LogP contribution in [-0.2, 0) is 14.3 Å². The van der Waals surface area contributed by atoms with Gasteiger partial charge in [0, 0.05) is 6.42 Å².